The third-order valence-corrected chi connectivity index (χ3v) is 4.40. The number of hydrazone groups is 1. The molecule has 0 spiro atoms. The van der Waals surface area contributed by atoms with Crippen LogP contribution in [0, 0.1) is 12.8 Å². The Bertz CT molecular complexity index is 1000. The molecule has 0 saturated carbocycles. The lowest BCUT2D eigenvalue weighted by Crippen LogP contribution is -2.28. The minimum atomic E-state index is -0.580. The molecule has 0 radical (unpaired) electrons. The van der Waals surface area contributed by atoms with Crippen molar-refractivity contribution in [2.75, 3.05) is 6.61 Å². The summed E-state index contributed by atoms with van der Waals surface area (Å²) in [6, 6.07) is 3.25. The van der Waals surface area contributed by atoms with Crippen molar-refractivity contribution in [3.8, 4) is 5.75 Å². The first-order chi connectivity index (χ1) is 13.7. The number of amides is 1. The zero-order valence-electron chi connectivity index (χ0n) is 16.3. The van der Waals surface area contributed by atoms with Crippen LogP contribution in [0.2, 0.25) is 10.0 Å². The average Bonchev–Trinajstić information content (AvgIpc) is 2.59. The van der Waals surface area contributed by atoms with Crippen LogP contribution in [-0.4, -0.2) is 28.7 Å². The fourth-order valence-electron chi connectivity index (χ4n) is 2.44. The summed E-state index contributed by atoms with van der Waals surface area (Å²) < 4.78 is 5.60. The molecule has 1 heterocycles. The standard InChI is InChI=1S/C19H22Cl2N4O4/c1-10(2)9-29-17-14(20)6-12(7-15(17)21)8-22-25-16(26)5-4-13-11(3)23-19(28)24-18(13)27/h6-8,10H,4-5,9H2,1-3H3,(H,25,26)(H2,23,24,27,28)/b22-8+. The number of aryl methyl sites for hydroxylation is 1. The number of aromatic nitrogens is 2. The van der Waals surface area contributed by atoms with Crippen molar-refractivity contribution in [2.24, 2.45) is 11.0 Å². The van der Waals surface area contributed by atoms with Gasteiger partial charge in [-0.2, -0.15) is 5.10 Å². The average molecular weight is 441 g/mol. The van der Waals surface area contributed by atoms with Crippen molar-refractivity contribution in [1.82, 2.24) is 15.4 Å². The number of aromatic amines is 2. The van der Waals surface area contributed by atoms with Gasteiger partial charge in [0.1, 0.15) is 0 Å². The Morgan fingerprint density at radius 3 is 2.48 bits per heavy atom. The summed E-state index contributed by atoms with van der Waals surface area (Å²) in [4.78, 5) is 39.5. The first kappa shape index (κ1) is 22.7. The van der Waals surface area contributed by atoms with Gasteiger partial charge in [-0.1, -0.05) is 37.0 Å². The molecule has 0 fully saturated rings. The van der Waals surface area contributed by atoms with Gasteiger partial charge in [-0.3, -0.25) is 14.6 Å². The highest BCUT2D eigenvalue weighted by molar-refractivity contribution is 6.37. The Morgan fingerprint density at radius 2 is 1.90 bits per heavy atom. The summed E-state index contributed by atoms with van der Waals surface area (Å²) in [5.41, 5.74) is 2.65. The van der Waals surface area contributed by atoms with Crippen molar-refractivity contribution in [3.63, 3.8) is 0 Å². The van der Waals surface area contributed by atoms with Crippen molar-refractivity contribution in [2.45, 2.75) is 33.6 Å². The maximum atomic E-state index is 12.0. The Kier molecular flexibility index (Phi) is 8.04. The highest BCUT2D eigenvalue weighted by Gasteiger charge is 2.11. The van der Waals surface area contributed by atoms with E-state index in [0.29, 0.717) is 45.1 Å². The molecule has 8 nitrogen and oxygen atoms in total. The van der Waals surface area contributed by atoms with Gasteiger partial charge in [0.2, 0.25) is 5.91 Å². The van der Waals surface area contributed by atoms with Gasteiger partial charge in [0.05, 0.1) is 22.9 Å². The van der Waals surface area contributed by atoms with Gasteiger partial charge in [0, 0.05) is 17.7 Å². The highest BCUT2D eigenvalue weighted by Crippen LogP contribution is 2.34. The molecule has 2 rings (SSSR count). The van der Waals surface area contributed by atoms with E-state index in [1.165, 1.54) is 6.21 Å². The number of ether oxygens (including phenoxy) is 1. The predicted octanol–water partition coefficient (Wildman–Crippen LogP) is 2.80. The minimum absolute atomic E-state index is 0.0246. The monoisotopic (exact) mass is 440 g/mol. The Labute approximate surface area is 177 Å². The van der Waals surface area contributed by atoms with Crippen molar-refractivity contribution in [3.05, 3.63) is 59.8 Å². The van der Waals surface area contributed by atoms with E-state index in [1.807, 2.05) is 13.8 Å². The molecule has 0 bridgehead atoms. The molecular weight excluding hydrogens is 419 g/mol. The van der Waals surface area contributed by atoms with E-state index in [2.05, 4.69) is 20.5 Å². The van der Waals surface area contributed by atoms with Gasteiger partial charge in [-0.15, -0.1) is 0 Å². The largest absolute Gasteiger partial charge is 0.490 e. The zero-order valence-corrected chi connectivity index (χ0v) is 17.8. The first-order valence-electron chi connectivity index (χ1n) is 8.93. The van der Waals surface area contributed by atoms with Crippen LogP contribution in [0.5, 0.6) is 5.75 Å². The van der Waals surface area contributed by atoms with Crippen molar-refractivity contribution < 1.29 is 9.53 Å². The SMILES string of the molecule is Cc1[nH]c(=O)[nH]c(=O)c1CCC(=O)N/N=C/c1cc(Cl)c(OCC(C)C)c(Cl)c1. The molecule has 0 aliphatic carbocycles. The third-order valence-electron chi connectivity index (χ3n) is 3.84. The number of benzene rings is 1. The maximum absolute atomic E-state index is 12.0. The number of nitrogens with zero attached hydrogens (tertiary/aromatic N) is 1. The molecule has 0 aliphatic rings. The van der Waals surface area contributed by atoms with Crippen LogP contribution in [0.3, 0.4) is 0 Å². The Balaban J connectivity index is 1.95. The van der Waals surface area contributed by atoms with Gasteiger partial charge in [-0.05, 0) is 37.0 Å². The molecule has 29 heavy (non-hydrogen) atoms. The molecule has 2 aromatic rings. The van der Waals surface area contributed by atoms with E-state index >= 15 is 0 Å². The highest BCUT2D eigenvalue weighted by atomic mass is 35.5. The normalized spacial score (nSPS) is 11.2. The van der Waals surface area contributed by atoms with Gasteiger partial charge in [0.25, 0.3) is 5.56 Å². The summed E-state index contributed by atoms with van der Waals surface area (Å²) >= 11 is 12.4. The second-order valence-electron chi connectivity index (χ2n) is 6.82. The molecule has 10 heteroatoms. The minimum Gasteiger partial charge on any atom is -0.490 e. The maximum Gasteiger partial charge on any atom is 0.325 e. The number of nitrogens with one attached hydrogen (secondary N) is 3. The van der Waals surface area contributed by atoms with Gasteiger partial charge in [0.15, 0.2) is 5.75 Å². The summed E-state index contributed by atoms with van der Waals surface area (Å²) in [6.45, 7) is 6.12. The molecule has 1 aromatic carbocycles. The van der Waals surface area contributed by atoms with E-state index in [0.717, 1.165) is 0 Å². The molecule has 0 saturated heterocycles. The zero-order chi connectivity index (χ0) is 21.6. The molecule has 156 valence electrons. The third kappa shape index (κ3) is 6.76. The van der Waals surface area contributed by atoms with Crippen LogP contribution in [-0.2, 0) is 11.2 Å². The number of carbonyl (C=O) groups excluding carboxylic acids is 1. The second kappa shape index (κ2) is 10.3. The number of carbonyl (C=O) groups is 1. The lowest BCUT2D eigenvalue weighted by Gasteiger charge is -2.12. The fourth-order valence-corrected chi connectivity index (χ4v) is 3.06. The molecule has 0 aliphatic heterocycles. The Morgan fingerprint density at radius 1 is 1.24 bits per heavy atom. The fraction of sp³-hybridized carbons (Fsp3) is 0.368. The summed E-state index contributed by atoms with van der Waals surface area (Å²) in [6.07, 6.45) is 1.59. The van der Waals surface area contributed by atoms with Crippen LogP contribution < -0.4 is 21.4 Å². The smallest absolute Gasteiger partial charge is 0.325 e. The molecule has 1 amide bonds. The molecule has 3 N–H and O–H groups in total. The molecular formula is C19H22Cl2N4O4. The second-order valence-corrected chi connectivity index (χ2v) is 7.64. The predicted molar refractivity (Wildman–Crippen MR) is 113 cm³/mol. The summed E-state index contributed by atoms with van der Waals surface area (Å²) in [5.74, 6) is 0.346. The van der Waals surface area contributed by atoms with Crippen molar-refractivity contribution in [1.29, 1.82) is 0 Å². The van der Waals surface area contributed by atoms with Crippen LogP contribution in [0.4, 0.5) is 0 Å². The van der Waals surface area contributed by atoms with E-state index in [9.17, 15) is 14.4 Å². The number of halogens is 2. The van der Waals surface area contributed by atoms with E-state index in [1.54, 1.807) is 19.1 Å². The van der Waals surface area contributed by atoms with Crippen molar-refractivity contribution >= 4 is 35.3 Å². The molecule has 0 unspecified atom stereocenters. The van der Waals surface area contributed by atoms with E-state index < -0.39 is 11.2 Å². The Hall–Kier alpha value is -2.58. The lowest BCUT2D eigenvalue weighted by atomic mass is 10.1. The van der Waals surface area contributed by atoms with Gasteiger partial charge < -0.3 is 9.72 Å². The van der Waals surface area contributed by atoms with Gasteiger partial charge >= 0.3 is 5.69 Å². The number of hydrogen-bond acceptors (Lipinski definition) is 5. The molecule has 0 atom stereocenters. The summed E-state index contributed by atoms with van der Waals surface area (Å²) in [7, 11) is 0. The lowest BCUT2D eigenvalue weighted by molar-refractivity contribution is -0.121. The van der Waals surface area contributed by atoms with E-state index in [-0.39, 0.29) is 18.7 Å². The van der Waals surface area contributed by atoms with Crippen LogP contribution in [0.15, 0.2) is 26.8 Å². The van der Waals surface area contributed by atoms with Crippen LogP contribution >= 0.6 is 23.2 Å². The number of hydrogen-bond donors (Lipinski definition) is 3. The summed E-state index contributed by atoms with van der Waals surface area (Å²) in [5, 5.41) is 4.56. The molecule has 1 aromatic heterocycles. The quantitative estimate of drug-likeness (QED) is 0.432. The number of rotatable bonds is 8. The topological polar surface area (TPSA) is 116 Å². The van der Waals surface area contributed by atoms with E-state index in [4.69, 9.17) is 27.9 Å². The first-order valence-corrected chi connectivity index (χ1v) is 9.68. The van der Waals surface area contributed by atoms with Gasteiger partial charge in [-0.25, -0.2) is 10.2 Å². The van der Waals surface area contributed by atoms with Crippen LogP contribution in [0.25, 0.3) is 0 Å². The number of H-pyrrole nitrogens is 2. The van der Waals surface area contributed by atoms with Crippen LogP contribution in [0.1, 0.15) is 37.1 Å².